The quantitative estimate of drug-likeness (QED) is 0.680. The third-order valence-corrected chi connectivity index (χ3v) is 2.52. The van der Waals surface area contributed by atoms with Crippen LogP contribution in [0.25, 0.3) is 5.69 Å². The van der Waals surface area contributed by atoms with Crippen molar-refractivity contribution in [1.29, 1.82) is 5.26 Å². The molecule has 0 aliphatic heterocycles. The molecule has 0 spiro atoms. The first-order valence-electron chi connectivity index (χ1n) is 4.50. The van der Waals surface area contributed by atoms with Crippen LogP contribution in [0.4, 0.5) is 0 Å². The number of hydrogen-bond donors (Lipinski definition) is 0. The zero-order chi connectivity index (χ0) is 10.7. The van der Waals surface area contributed by atoms with Crippen LogP contribution < -0.4 is 0 Å². The molecule has 0 saturated heterocycles. The minimum absolute atomic E-state index is 0.524. The molecule has 3 heteroatoms. The topological polar surface area (TPSA) is 28.7 Å². The standard InChI is InChI=1S/C12H8N2S/c13-9-10-5-4-8-14(12(10)15)11-6-2-1-3-7-11/h1-8H. The Morgan fingerprint density at radius 2 is 1.80 bits per heavy atom. The van der Waals surface area contributed by atoms with Gasteiger partial charge in [0.05, 0.1) is 5.56 Å². The number of rotatable bonds is 1. The summed E-state index contributed by atoms with van der Waals surface area (Å²) in [5.41, 5.74) is 1.50. The molecule has 0 amide bonds. The fourth-order valence-electron chi connectivity index (χ4n) is 1.37. The van der Waals surface area contributed by atoms with Crippen LogP contribution in [0.1, 0.15) is 5.56 Å². The minimum atomic E-state index is 0.524. The molecule has 2 aromatic rings. The Balaban J connectivity index is 2.66. The van der Waals surface area contributed by atoms with Gasteiger partial charge in [0.15, 0.2) is 0 Å². The summed E-state index contributed by atoms with van der Waals surface area (Å²) in [7, 11) is 0. The van der Waals surface area contributed by atoms with Crippen molar-refractivity contribution in [2.24, 2.45) is 0 Å². The first-order valence-corrected chi connectivity index (χ1v) is 4.91. The molecule has 1 aromatic heterocycles. The van der Waals surface area contributed by atoms with Gasteiger partial charge in [-0.2, -0.15) is 5.26 Å². The third-order valence-electron chi connectivity index (χ3n) is 2.10. The van der Waals surface area contributed by atoms with E-state index in [0.29, 0.717) is 10.2 Å². The van der Waals surface area contributed by atoms with Crippen molar-refractivity contribution in [3.8, 4) is 11.8 Å². The average molecular weight is 212 g/mol. The van der Waals surface area contributed by atoms with Crippen molar-refractivity contribution in [2.75, 3.05) is 0 Å². The number of pyridine rings is 1. The van der Waals surface area contributed by atoms with Gasteiger partial charge in [-0.25, -0.2) is 0 Å². The number of hydrogen-bond acceptors (Lipinski definition) is 2. The lowest BCUT2D eigenvalue weighted by Gasteiger charge is -2.06. The number of aromatic nitrogens is 1. The van der Waals surface area contributed by atoms with Crippen molar-refractivity contribution >= 4 is 12.2 Å². The van der Waals surface area contributed by atoms with Crippen LogP contribution in [-0.2, 0) is 0 Å². The zero-order valence-corrected chi connectivity index (χ0v) is 8.74. The summed E-state index contributed by atoms with van der Waals surface area (Å²) in [6, 6.07) is 15.4. The van der Waals surface area contributed by atoms with E-state index in [1.807, 2.05) is 47.2 Å². The molecule has 1 aromatic carbocycles. The van der Waals surface area contributed by atoms with Crippen LogP contribution in [0.5, 0.6) is 0 Å². The van der Waals surface area contributed by atoms with E-state index < -0.39 is 0 Å². The second-order valence-electron chi connectivity index (χ2n) is 3.04. The lowest BCUT2D eigenvalue weighted by atomic mass is 10.2. The highest BCUT2D eigenvalue weighted by atomic mass is 32.1. The van der Waals surface area contributed by atoms with E-state index >= 15 is 0 Å². The highest BCUT2D eigenvalue weighted by Gasteiger charge is 1.99. The van der Waals surface area contributed by atoms with Crippen LogP contribution in [0.15, 0.2) is 48.7 Å². The van der Waals surface area contributed by atoms with E-state index in [2.05, 4.69) is 6.07 Å². The summed E-state index contributed by atoms with van der Waals surface area (Å²) in [5.74, 6) is 0. The maximum atomic E-state index is 8.86. The molecule has 0 saturated carbocycles. The lowest BCUT2D eigenvalue weighted by Crippen LogP contribution is -1.97. The second-order valence-corrected chi connectivity index (χ2v) is 3.43. The van der Waals surface area contributed by atoms with Crippen molar-refractivity contribution in [1.82, 2.24) is 4.57 Å². The molecule has 72 valence electrons. The van der Waals surface area contributed by atoms with Crippen LogP contribution in [-0.4, -0.2) is 4.57 Å². The van der Waals surface area contributed by atoms with E-state index in [4.69, 9.17) is 17.5 Å². The van der Waals surface area contributed by atoms with Gasteiger partial charge in [-0.3, -0.25) is 0 Å². The monoisotopic (exact) mass is 212 g/mol. The number of nitriles is 1. The highest BCUT2D eigenvalue weighted by molar-refractivity contribution is 7.71. The lowest BCUT2D eigenvalue weighted by molar-refractivity contribution is 1.02. The van der Waals surface area contributed by atoms with E-state index in [1.165, 1.54) is 0 Å². The van der Waals surface area contributed by atoms with Crippen molar-refractivity contribution < 1.29 is 0 Å². The molecule has 0 unspecified atom stereocenters. The Hall–Kier alpha value is -1.92. The Morgan fingerprint density at radius 1 is 1.07 bits per heavy atom. The van der Waals surface area contributed by atoms with Gasteiger partial charge in [0.25, 0.3) is 0 Å². The van der Waals surface area contributed by atoms with Crippen LogP contribution in [0, 0.1) is 16.0 Å². The highest BCUT2D eigenvalue weighted by Crippen LogP contribution is 2.10. The Morgan fingerprint density at radius 3 is 2.47 bits per heavy atom. The summed E-state index contributed by atoms with van der Waals surface area (Å²) in [6.45, 7) is 0. The fourth-order valence-corrected chi connectivity index (χ4v) is 1.65. The van der Waals surface area contributed by atoms with Gasteiger partial charge in [-0.05, 0) is 24.3 Å². The summed E-state index contributed by atoms with van der Waals surface area (Å²) in [5, 5.41) is 8.86. The van der Waals surface area contributed by atoms with Crippen LogP contribution in [0.2, 0.25) is 0 Å². The molecule has 2 nitrogen and oxygen atoms in total. The second kappa shape index (κ2) is 4.07. The number of para-hydroxylation sites is 1. The summed E-state index contributed by atoms with van der Waals surface area (Å²) in [6.07, 6.45) is 1.86. The van der Waals surface area contributed by atoms with Gasteiger partial charge in [-0.15, -0.1) is 0 Å². The van der Waals surface area contributed by atoms with Crippen LogP contribution in [0.3, 0.4) is 0 Å². The molecule has 0 N–H and O–H groups in total. The van der Waals surface area contributed by atoms with Crippen LogP contribution >= 0.6 is 12.2 Å². The molecule has 0 fully saturated rings. The third kappa shape index (κ3) is 1.80. The van der Waals surface area contributed by atoms with E-state index in [-0.39, 0.29) is 0 Å². The van der Waals surface area contributed by atoms with Gasteiger partial charge in [0.2, 0.25) is 0 Å². The first-order chi connectivity index (χ1) is 7.33. The average Bonchev–Trinajstić information content (AvgIpc) is 2.30. The largest absolute Gasteiger partial charge is 0.307 e. The molecule has 1 heterocycles. The fraction of sp³-hybridized carbons (Fsp3) is 0. The van der Waals surface area contributed by atoms with Gasteiger partial charge >= 0.3 is 0 Å². The van der Waals surface area contributed by atoms with Gasteiger partial charge in [-0.1, -0.05) is 30.4 Å². The van der Waals surface area contributed by atoms with Gasteiger partial charge < -0.3 is 4.57 Å². The summed E-state index contributed by atoms with van der Waals surface area (Å²) >= 11 is 5.21. The molecule has 0 bridgehead atoms. The van der Waals surface area contributed by atoms with Gasteiger partial charge in [0, 0.05) is 11.9 Å². The van der Waals surface area contributed by atoms with E-state index in [1.54, 1.807) is 6.07 Å². The number of nitrogens with zero attached hydrogens (tertiary/aromatic N) is 2. The molecular formula is C12H8N2S. The minimum Gasteiger partial charge on any atom is -0.307 e. The Labute approximate surface area is 93.0 Å². The Bertz CT molecular complexity index is 564. The molecule has 0 aliphatic rings. The SMILES string of the molecule is N#Cc1cccn(-c2ccccc2)c1=S. The number of benzene rings is 1. The van der Waals surface area contributed by atoms with Crippen molar-refractivity contribution in [2.45, 2.75) is 0 Å². The van der Waals surface area contributed by atoms with Crippen molar-refractivity contribution in [3.63, 3.8) is 0 Å². The van der Waals surface area contributed by atoms with Crippen molar-refractivity contribution in [3.05, 3.63) is 58.9 Å². The predicted octanol–water partition coefficient (Wildman–Crippen LogP) is 3.08. The molecule has 15 heavy (non-hydrogen) atoms. The van der Waals surface area contributed by atoms with E-state index in [0.717, 1.165) is 5.69 Å². The maximum Gasteiger partial charge on any atom is 0.128 e. The molecule has 2 rings (SSSR count). The maximum absolute atomic E-state index is 8.86. The van der Waals surface area contributed by atoms with Gasteiger partial charge in [0.1, 0.15) is 10.7 Å². The molecule has 0 aliphatic carbocycles. The normalized spacial score (nSPS) is 9.53. The first kappa shape index (κ1) is 9.63. The predicted molar refractivity (Wildman–Crippen MR) is 61.3 cm³/mol. The molecular weight excluding hydrogens is 204 g/mol. The molecule has 0 radical (unpaired) electrons. The molecule has 0 atom stereocenters. The smallest absolute Gasteiger partial charge is 0.128 e. The Kier molecular flexibility index (Phi) is 2.61. The van der Waals surface area contributed by atoms with E-state index in [9.17, 15) is 0 Å². The summed E-state index contributed by atoms with van der Waals surface area (Å²) in [4.78, 5) is 0. The summed E-state index contributed by atoms with van der Waals surface area (Å²) < 4.78 is 2.37. The zero-order valence-electron chi connectivity index (χ0n) is 7.92.